The molecule has 2 heterocycles. The Morgan fingerprint density at radius 1 is 1.42 bits per heavy atom. The van der Waals surface area contributed by atoms with Crippen LogP contribution in [-0.4, -0.2) is 30.0 Å². The van der Waals surface area contributed by atoms with Gasteiger partial charge in [0.25, 0.3) is 10.0 Å². The molecule has 0 saturated carbocycles. The van der Waals surface area contributed by atoms with E-state index < -0.39 is 10.0 Å². The van der Waals surface area contributed by atoms with Gasteiger partial charge in [-0.05, 0) is 18.6 Å². The second kappa shape index (κ2) is 5.95. The monoisotopic (exact) mass is 285 g/mol. The smallest absolute Gasteiger partial charge is 0.273 e. The lowest BCUT2D eigenvalue weighted by atomic mass is 10.4. The van der Waals surface area contributed by atoms with Crippen LogP contribution in [0.4, 0.5) is 0 Å². The van der Waals surface area contributed by atoms with Crippen molar-refractivity contribution in [2.24, 2.45) is 5.73 Å². The number of hydrogen-bond donors (Lipinski definition) is 2. The molecule has 0 fully saturated rings. The number of nitrogens with zero attached hydrogens (tertiary/aromatic N) is 3. The van der Waals surface area contributed by atoms with Crippen molar-refractivity contribution in [3.8, 4) is 0 Å². The molecule has 3 N–H and O–H groups in total. The van der Waals surface area contributed by atoms with Crippen LogP contribution in [0.1, 0.15) is 12.2 Å². The maximum Gasteiger partial charge on any atom is 0.273 e. The van der Waals surface area contributed by atoms with Gasteiger partial charge in [0.1, 0.15) is 5.76 Å². The van der Waals surface area contributed by atoms with Crippen molar-refractivity contribution in [3.05, 3.63) is 30.3 Å². The van der Waals surface area contributed by atoms with E-state index in [-0.39, 0.29) is 11.6 Å². The van der Waals surface area contributed by atoms with Gasteiger partial charge in [-0.1, -0.05) is 5.21 Å². The van der Waals surface area contributed by atoms with Gasteiger partial charge in [0.15, 0.2) is 0 Å². The van der Waals surface area contributed by atoms with Gasteiger partial charge < -0.3 is 10.2 Å². The summed E-state index contributed by atoms with van der Waals surface area (Å²) in [6.45, 7) is 1.05. The van der Waals surface area contributed by atoms with Crippen LogP contribution in [0.5, 0.6) is 0 Å². The van der Waals surface area contributed by atoms with Crippen LogP contribution >= 0.6 is 0 Å². The number of hydrogen-bond acceptors (Lipinski definition) is 6. The molecule has 0 atom stereocenters. The van der Waals surface area contributed by atoms with Crippen LogP contribution in [0.15, 0.2) is 34.0 Å². The quantitative estimate of drug-likeness (QED) is 0.675. The normalized spacial score (nSPS) is 11.8. The maximum atomic E-state index is 11.8. The molecular weight excluding hydrogens is 270 g/mol. The molecule has 0 saturated heterocycles. The molecule has 0 spiro atoms. The molecule has 2 rings (SSSR count). The average Bonchev–Trinajstić information content (AvgIpc) is 3.05. The fourth-order valence-corrected chi connectivity index (χ4v) is 2.50. The highest BCUT2D eigenvalue weighted by molar-refractivity contribution is 7.89. The minimum Gasteiger partial charge on any atom is -0.447 e. The first kappa shape index (κ1) is 13.7. The summed E-state index contributed by atoms with van der Waals surface area (Å²) in [5.41, 5.74) is 5.36. The zero-order valence-electron chi connectivity index (χ0n) is 10.2. The zero-order chi connectivity index (χ0) is 13.7. The third kappa shape index (κ3) is 3.63. The van der Waals surface area contributed by atoms with E-state index in [4.69, 9.17) is 10.2 Å². The standard InChI is InChI=1S/C10H15N5O3S/c11-8-9-2-3-10(18-9)19(16,17)13-4-1-6-15-7-5-12-14-15/h2-3,5,7,13H,1,4,6,8,11H2. The van der Waals surface area contributed by atoms with Crippen molar-refractivity contribution in [1.29, 1.82) is 0 Å². The van der Waals surface area contributed by atoms with E-state index >= 15 is 0 Å². The first-order chi connectivity index (χ1) is 9.12. The molecular formula is C10H15N5O3S. The molecule has 0 bridgehead atoms. The number of furan rings is 1. The third-order valence-electron chi connectivity index (χ3n) is 2.43. The summed E-state index contributed by atoms with van der Waals surface area (Å²) in [6, 6.07) is 2.94. The molecule has 0 aromatic carbocycles. The van der Waals surface area contributed by atoms with Crippen LogP contribution < -0.4 is 10.5 Å². The highest BCUT2D eigenvalue weighted by atomic mass is 32.2. The van der Waals surface area contributed by atoms with Gasteiger partial charge in [0.2, 0.25) is 5.09 Å². The van der Waals surface area contributed by atoms with Gasteiger partial charge >= 0.3 is 0 Å². The third-order valence-corrected chi connectivity index (χ3v) is 3.76. The lowest BCUT2D eigenvalue weighted by Crippen LogP contribution is -2.25. The summed E-state index contributed by atoms with van der Waals surface area (Å²) < 4.78 is 32.9. The SMILES string of the molecule is NCc1ccc(S(=O)(=O)NCCCn2ccnn2)o1. The Hall–Kier alpha value is -1.71. The van der Waals surface area contributed by atoms with E-state index in [1.807, 2.05) is 0 Å². The van der Waals surface area contributed by atoms with E-state index in [2.05, 4.69) is 15.0 Å². The Labute approximate surface area is 110 Å². The first-order valence-corrected chi connectivity index (χ1v) is 7.22. The highest BCUT2D eigenvalue weighted by Crippen LogP contribution is 2.12. The van der Waals surface area contributed by atoms with Crippen molar-refractivity contribution in [2.75, 3.05) is 6.54 Å². The minimum absolute atomic E-state index is 0.117. The number of rotatable bonds is 7. The number of nitrogens with one attached hydrogen (secondary N) is 1. The van der Waals surface area contributed by atoms with E-state index in [9.17, 15) is 8.42 Å². The molecule has 104 valence electrons. The van der Waals surface area contributed by atoms with Crippen LogP contribution in [-0.2, 0) is 23.1 Å². The first-order valence-electron chi connectivity index (χ1n) is 5.74. The van der Waals surface area contributed by atoms with Crippen LogP contribution in [0.3, 0.4) is 0 Å². The number of nitrogens with two attached hydrogens (primary N) is 1. The molecule has 0 amide bonds. The second-order valence-corrected chi connectivity index (χ2v) is 5.54. The number of aryl methyl sites for hydroxylation is 1. The van der Waals surface area contributed by atoms with Crippen LogP contribution in [0, 0.1) is 0 Å². The van der Waals surface area contributed by atoms with Gasteiger partial charge in [-0.2, -0.15) is 0 Å². The summed E-state index contributed by atoms with van der Waals surface area (Å²) in [6.07, 6.45) is 3.89. The predicted octanol–water partition coefficient (Wildman–Crippen LogP) is -0.302. The van der Waals surface area contributed by atoms with Crippen LogP contribution in [0.25, 0.3) is 0 Å². The largest absolute Gasteiger partial charge is 0.447 e. The zero-order valence-corrected chi connectivity index (χ0v) is 11.0. The van der Waals surface area contributed by atoms with Gasteiger partial charge in [-0.15, -0.1) is 5.10 Å². The molecule has 0 aliphatic rings. The summed E-state index contributed by atoms with van der Waals surface area (Å²) in [5.74, 6) is 0.433. The Kier molecular flexibility index (Phi) is 4.30. The fraction of sp³-hybridized carbons (Fsp3) is 0.400. The molecule has 0 radical (unpaired) electrons. The van der Waals surface area contributed by atoms with Gasteiger partial charge in [0, 0.05) is 19.3 Å². The van der Waals surface area contributed by atoms with E-state index in [0.29, 0.717) is 25.3 Å². The molecule has 0 aliphatic heterocycles. The van der Waals surface area contributed by atoms with Gasteiger partial charge in [-0.3, -0.25) is 4.68 Å². The van der Waals surface area contributed by atoms with Crippen molar-refractivity contribution in [3.63, 3.8) is 0 Å². The summed E-state index contributed by atoms with van der Waals surface area (Å²) >= 11 is 0. The Bertz CT molecular complexity index is 605. The van der Waals surface area contributed by atoms with Crippen molar-refractivity contribution in [1.82, 2.24) is 19.7 Å². The number of sulfonamides is 1. The maximum absolute atomic E-state index is 11.8. The Balaban J connectivity index is 1.84. The molecule has 2 aromatic rings. The average molecular weight is 285 g/mol. The van der Waals surface area contributed by atoms with Gasteiger partial charge in [0.05, 0.1) is 12.7 Å². The molecule has 19 heavy (non-hydrogen) atoms. The van der Waals surface area contributed by atoms with Crippen LogP contribution in [0.2, 0.25) is 0 Å². The molecule has 8 nitrogen and oxygen atoms in total. The summed E-state index contributed by atoms with van der Waals surface area (Å²) in [4.78, 5) is 0. The second-order valence-electron chi connectivity index (χ2n) is 3.84. The highest BCUT2D eigenvalue weighted by Gasteiger charge is 2.17. The minimum atomic E-state index is -3.61. The van der Waals surface area contributed by atoms with Gasteiger partial charge in [-0.25, -0.2) is 13.1 Å². The molecule has 9 heteroatoms. The fourth-order valence-electron chi connectivity index (χ4n) is 1.48. The van der Waals surface area contributed by atoms with Crippen molar-refractivity contribution in [2.45, 2.75) is 24.6 Å². The summed E-state index contributed by atoms with van der Waals surface area (Å²) in [7, 11) is -3.61. The van der Waals surface area contributed by atoms with Crippen molar-refractivity contribution >= 4 is 10.0 Å². The Morgan fingerprint density at radius 3 is 2.89 bits per heavy atom. The van der Waals surface area contributed by atoms with E-state index in [1.54, 1.807) is 23.1 Å². The van der Waals surface area contributed by atoms with E-state index in [1.165, 1.54) is 6.07 Å². The molecule has 0 unspecified atom stereocenters. The molecule has 0 aliphatic carbocycles. The predicted molar refractivity (Wildman–Crippen MR) is 66.4 cm³/mol. The molecule has 2 aromatic heterocycles. The van der Waals surface area contributed by atoms with Crippen molar-refractivity contribution < 1.29 is 12.8 Å². The lowest BCUT2D eigenvalue weighted by Gasteiger charge is -2.04. The van der Waals surface area contributed by atoms with E-state index in [0.717, 1.165) is 0 Å². The lowest BCUT2D eigenvalue weighted by molar-refractivity contribution is 0.412. The Morgan fingerprint density at radius 2 is 2.26 bits per heavy atom. The number of aromatic nitrogens is 3. The topological polar surface area (TPSA) is 116 Å². The summed E-state index contributed by atoms with van der Waals surface area (Å²) in [5, 5.41) is 7.32.